The zero-order chi connectivity index (χ0) is 26.4. The van der Waals surface area contributed by atoms with E-state index < -0.39 is 0 Å². The highest BCUT2D eigenvalue weighted by molar-refractivity contribution is 5.63. The van der Waals surface area contributed by atoms with E-state index in [4.69, 9.17) is 4.98 Å². The van der Waals surface area contributed by atoms with E-state index in [2.05, 4.69) is 99.9 Å². The second-order valence-electron chi connectivity index (χ2n) is 11.1. The van der Waals surface area contributed by atoms with Crippen LogP contribution in [0.5, 0.6) is 0 Å². The van der Waals surface area contributed by atoms with E-state index >= 15 is 0 Å². The highest BCUT2D eigenvalue weighted by Crippen LogP contribution is 2.24. The molecular formula is C34H45N3. The maximum absolute atomic E-state index is 4.69. The molecule has 0 amide bonds. The summed E-state index contributed by atoms with van der Waals surface area (Å²) in [6, 6.07) is 13.6. The first-order valence-corrected chi connectivity index (χ1v) is 14.0. The first-order valence-electron chi connectivity index (χ1n) is 14.0. The number of rotatable bonds is 8. The fourth-order valence-electron chi connectivity index (χ4n) is 5.40. The number of hydrogen-bond acceptors (Lipinski definition) is 3. The molecule has 0 aliphatic carbocycles. The molecule has 1 fully saturated rings. The molecule has 3 aromatic rings. The summed E-state index contributed by atoms with van der Waals surface area (Å²) >= 11 is 0. The van der Waals surface area contributed by atoms with E-state index in [9.17, 15) is 0 Å². The molecule has 1 saturated heterocycles. The molecule has 0 atom stereocenters. The van der Waals surface area contributed by atoms with E-state index in [0.717, 1.165) is 31.7 Å². The van der Waals surface area contributed by atoms with E-state index in [1.54, 1.807) is 0 Å². The summed E-state index contributed by atoms with van der Waals surface area (Å²) < 4.78 is 0. The number of allylic oxidation sites excluding steroid dienone is 1. The predicted octanol–water partition coefficient (Wildman–Crippen LogP) is 7.60. The number of hydrogen-bond donors (Lipinski definition) is 0. The van der Waals surface area contributed by atoms with Gasteiger partial charge in [-0.2, -0.15) is 0 Å². The first-order chi connectivity index (χ1) is 17.8. The molecule has 2 aromatic carbocycles. The van der Waals surface area contributed by atoms with Gasteiger partial charge in [-0.05, 0) is 149 Å². The van der Waals surface area contributed by atoms with Crippen LogP contribution in [0.15, 0.2) is 48.7 Å². The quantitative estimate of drug-likeness (QED) is 0.300. The third kappa shape index (κ3) is 7.40. The molecule has 0 bridgehead atoms. The summed E-state index contributed by atoms with van der Waals surface area (Å²) in [5, 5.41) is 0. The smallest absolute Gasteiger partial charge is 0.0705 e. The van der Waals surface area contributed by atoms with E-state index in [1.165, 1.54) is 82.5 Å². The van der Waals surface area contributed by atoms with Crippen molar-refractivity contribution >= 4 is 6.08 Å². The highest BCUT2D eigenvalue weighted by Gasteiger charge is 2.15. The van der Waals surface area contributed by atoms with Crippen molar-refractivity contribution in [3.63, 3.8) is 0 Å². The van der Waals surface area contributed by atoms with Gasteiger partial charge in [0.05, 0.1) is 5.69 Å². The number of pyridine rings is 1. The standard InChI is InChI=1S/C34H45N3/c1-25-19-31(20-26(2)29(25)5)11-8-7-9-14-36-15-10-16-37(18-17-36)24-32-12-13-35-34(23-32)33-21-27(3)30(6)28(4)22-33/h8,11-13,19-23H,7,9-10,14-18,24H2,1-6H3/b11-8+. The Morgan fingerprint density at radius 1 is 0.757 bits per heavy atom. The van der Waals surface area contributed by atoms with Crippen LogP contribution < -0.4 is 0 Å². The molecule has 2 heterocycles. The molecule has 4 rings (SSSR count). The zero-order valence-electron chi connectivity index (χ0n) is 23.9. The Bertz CT molecular complexity index is 1190. The second-order valence-corrected chi connectivity index (χ2v) is 11.1. The molecule has 0 unspecified atom stereocenters. The van der Waals surface area contributed by atoms with Gasteiger partial charge in [-0.15, -0.1) is 0 Å². The molecule has 1 aliphatic rings. The van der Waals surface area contributed by atoms with Gasteiger partial charge in [-0.25, -0.2) is 0 Å². The van der Waals surface area contributed by atoms with Crippen molar-refractivity contribution in [3.05, 3.63) is 93.2 Å². The lowest BCUT2D eigenvalue weighted by molar-refractivity contribution is 0.250. The van der Waals surface area contributed by atoms with Gasteiger partial charge in [-0.3, -0.25) is 9.88 Å². The molecule has 0 saturated carbocycles. The molecule has 0 N–H and O–H groups in total. The topological polar surface area (TPSA) is 19.4 Å². The summed E-state index contributed by atoms with van der Waals surface area (Å²) in [6.45, 7) is 20.1. The van der Waals surface area contributed by atoms with Crippen molar-refractivity contribution in [2.24, 2.45) is 0 Å². The maximum Gasteiger partial charge on any atom is 0.0705 e. The van der Waals surface area contributed by atoms with Crippen LogP contribution in [0.4, 0.5) is 0 Å². The summed E-state index contributed by atoms with van der Waals surface area (Å²) in [5.74, 6) is 0. The lowest BCUT2D eigenvalue weighted by atomic mass is 9.98. The van der Waals surface area contributed by atoms with Crippen LogP contribution in [0.25, 0.3) is 17.3 Å². The van der Waals surface area contributed by atoms with E-state index in [-0.39, 0.29) is 0 Å². The maximum atomic E-state index is 4.69. The van der Waals surface area contributed by atoms with Crippen molar-refractivity contribution < 1.29 is 0 Å². The van der Waals surface area contributed by atoms with Crippen LogP contribution in [0.3, 0.4) is 0 Å². The largest absolute Gasteiger partial charge is 0.302 e. The van der Waals surface area contributed by atoms with Crippen molar-refractivity contribution in [1.82, 2.24) is 14.8 Å². The van der Waals surface area contributed by atoms with Crippen LogP contribution in [-0.2, 0) is 6.54 Å². The predicted molar refractivity (Wildman–Crippen MR) is 159 cm³/mol. The lowest BCUT2D eigenvalue weighted by Crippen LogP contribution is -2.31. The SMILES string of the molecule is Cc1cc(/C=C/CCCN2CCCN(Cc3ccnc(-c4cc(C)c(C)c(C)c4)c3)CC2)cc(C)c1C. The average molecular weight is 496 g/mol. The average Bonchev–Trinajstić information content (AvgIpc) is 3.10. The first kappa shape index (κ1) is 27.3. The molecule has 1 aliphatic heterocycles. The second kappa shape index (κ2) is 12.7. The van der Waals surface area contributed by atoms with Crippen molar-refractivity contribution in [2.75, 3.05) is 32.7 Å². The van der Waals surface area contributed by atoms with Crippen LogP contribution in [0.2, 0.25) is 0 Å². The summed E-state index contributed by atoms with van der Waals surface area (Å²) in [6.07, 6.45) is 10.2. The summed E-state index contributed by atoms with van der Waals surface area (Å²) in [4.78, 5) is 9.97. The van der Waals surface area contributed by atoms with E-state index in [1.807, 2.05) is 6.20 Å². The van der Waals surface area contributed by atoms with Gasteiger partial charge in [0, 0.05) is 31.4 Å². The molecule has 3 heteroatoms. The molecule has 1 aromatic heterocycles. The van der Waals surface area contributed by atoms with Gasteiger partial charge in [0.25, 0.3) is 0 Å². The van der Waals surface area contributed by atoms with E-state index in [0.29, 0.717) is 0 Å². The lowest BCUT2D eigenvalue weighted by Gasteiger charge is -2.22. The highest BCUT2D eigenvalue weighted by atomic mass is 15.2. The molecule has 196 valence electrons. The number of unbranched alkanes of at least 4 members (excludes halogenated alkanes) is 1. The molecule has 3 nitrogen and oxygen atoms in total. The van der Waals surface area contributed by atoms with Crippen molar-refractivity contribution in [2.45, 2.75) is 67.3 Å². The Kier molecular flexibility index (Phi) is 9.34. The van der Waals surface area contributed by atoms with Crippen LogP contribution in [0, 0.1) is 41.5 Å². The van der Waals surface area contributed by atoms with Gasteiger partial charge in [0.2, 0.25) is 0 Å². The Balaban J connectivity index is 1.25. The summed E-state index contributed by atoms with van der Waals surface area (Å²) in [5.41, 5.74) is 13.2. The Hall–Kier alpha value is -2.75. The number of nitrogens with zero attached hydrogens (tertiary/aromatic N) is 3. The van der Waals surface area contributed by atoms with Crippen LogP contribution in [-0.4, -0.2) is 47.5 Å². The summed E-state index contributed by atoms with van der Waals surface area (Å²) in [7, 11) is 0. The van der Waals surface area contributed by atoms with Gasteiger partial charge in [0.1, 0.15) is 0 Å². The monoisotopic (exact) mass is 495 g/mol. The van der Waals surface area contributed by atoms with Gasteiger partial charge in [-0.1, -0.05) is 24.3 Å². The fraction of sp³-hybridized carbons (Fsp3) is 0.441. The molecular weight excluding hydrogens is 450 g/mol. The van der Waals surface area contributed by atoms with Gasteiger partial charge >= 0.3 is 0 Å². The number of benzene rings is 2. The number of aryl methyl sites for hydroxylation is 4. The van der Waals surface area contributed by atoms with Gasteiger partial charge in [0.15, 0.2) is 0 Å². The van der Waals surface area contributed by atoms with Gasteiger partial charge < -0.3 is 4.90 Å². The third-order valence-corrected chi connectivity index (χ3v) is 8.24. The third-order valence-electron chi connectivity index (χ3n) is 8.24. The minimum absolute atomic E-state index is 1.01. The minimum Gasteiger partial charge on any atom is -0.302 e. The van der Waals surface area contributed by atoms with Crippen molar-refractivity contribution in [3.8, 4) is 11.3 Å². The Labute approximate surface area is 225 Å². The van der Waals surface area contributed by atoms with Crippen LogP contribution in [0.1, 0.15) is 63.8 Å². The Morgan fingerprint density at radius 2 is 1.38 bits per heavy atom. The molecule has 37 heavy (non-hydrogen) atoms. The zero-order valence-corrected chi connectivity index (χ0v) is 23.9. The molecule has 0 radical (unpaired) electrons. The number of aromatic nitrogens is 1. The fourth-order valence-corrected chi connectivity index (χ4v) is 5.40. The minimum atomic E-state index is 1.01. The van der Waals surface area contributed by atoms with Crippen molar-refractivity contribution in [1.29, 1.82) is 0 Å². The van der Waals surface area contributed by atoms with Crippen LogP contribution >= 0.6 is 0 Å². The Morgan fingerprint density at radius 3 is 2.08 bits per heavy atom. The normalized spacial score (nSPS) is 15.4. The molecule has 0 spiro atoms.